The number of aromatic nitrogens is 2. The number of para-hydroxylation sites is 2. The second-order valence-electron chi connectivity index (χ2n) is 6.54. The number of halogens is 2. The second-order valence-corrected chi connectivity index (χ2v) is 6.54. The zero-order valence-corrected chi connectivity index (χ0v) is 19.2. The molecule has 1 unspecified atom stereocenters. The van der Waals surface area contributed by atoms with Crippen molar-refractivity contribution in [1.82, 2.24) is 20.2 Å². The first-order chi connectivity index (χ1) is 13.6. The van der Waals surface area contributed by atoms with Gasteiger partial charge in [0, 0.05) is 19.7 Å². The summed E-state index contributed by atoms with van der Waals surface area (Å²) in [6.07, 6.45) is -0.151. The van der Waals surface area contributed by atoms with Crippen LogP contribution in [0.3, 0.4) is 0 Å². The molecule has 0 saturated heterocycles. The highest BCUT2D eigenvalue weighted by Crippen LogP contribution is 2.15. The lowest BCUT2D eigenvalue weighted by atomic mass is 10.3. The Morgan fingerprint density at radius 3 is 2.72 bits per heavy atom. The minimum absolute atomic E-state index is 0. The van der Waals surface area contributed by atoms with Crippen molar-refractivity contribution in [3.63, 3.8) is 0 Å². The van der Waals surface area contributed by atoms with Gasteiger partial charge in [0.05, 0.1) is 17.6 Å². The van der Waals surface area contributed by atoms with Crippen molar-refractivity contribution in [2.24, 2.45) is 12.0 Å². The normalized spacial score (nSPS) is 12.3. The van der Waals surface area contributed by atoms with Gasteiger partial charge in [-0.25, -0.2) is 14.4 Å². The third-order valence-electron chi connectivity index (χ3n) is 4.29. The highest BCUT2D eigenvalue weighted by Gasteiger charge is 2.09. The first kappa shape index (κ1) is 22.9. The van der Waals surface area contributed by atoms with Gasteiger partial charge in [0.2, 0.25) is 0 Å². The van der Waals surface area contributed by atoms with Crippen LogP contribution in [0.1, 0.15) is 19.7 Å². The first-order valence-electron chi connectivity index (χ1n) is 9.41. The smallest absolute Gasteiger partial charge is 0.191 e. The number of benzene rings is 2. The molecule has 0 aliphatic carbocycles. The molecule has 0 radical (unpaired) electrons. The number of guanidine groups is 1. The Labute approximate surface area is 187 Å². The van der Waals surface area contributed by atoms with Crippen LogP contribution in [0.2, 0.25) is 0 Å². The summed E-state index contributed by atoms with van der Waals surface area (Å²) in [5, 5.41) is 6.48. The number of nitrogens with one attached hydrogen (secondary N) is 2. The minimum Gasteiger partial charge on any atom is -0.489 e. The van der Waals surface area contributed by atoms with E-state index in [1.165, 1.54) is 12.1 Å². The summed E-state index contributed by atoms with van der Waals surface area (Å²) in [6, 6.07) is 14.2. The molecule has 0 aliphatic rings. The Bertz CT molecular complexity index is 959. The summed E-state index contributed by atoms with van der Waals surface area (Å²) in [5.41, 5.74) is 2.05. The van der Waals surface area contributed by atoms with Crippen LogP contribution in [0.5, 0.6) is 5.75 Å². The standard InChI is InChI=1S/C21H26FN5O.HI/c1-4-23-21(24-13-15(2)28-17-9-7-8-16(22)12-17)25-14-20-26-18-10-5-6-11-19(18)27(20)3;/h5-12,15H,4,13-14H2,1-3H3,(H2,23,24,25);1H. The maximum absolute atomic E-state index is 13.3. The average Bonchev–Trinajstić information content (AvgIpc) is 3.00. The van der Waals surface area contributed by atoms with E-state index in [1.54, 1.807) is 12.1 Å². The average molecular weight is 511 g/mol. The maximum Gasteiger partial charge on any atom is 0.191 e. The van der Waals surface area contributed by atoms with Crippen LogP contribution >= 0.6 is 24.0 Å². The molecule has 6 nitrogen and oxygen atoms in total. The summed E-state index contributed by atoms with van der Waals surface area (Å²) < 4.78 is 21.1. The summed E-state index contributed by atoms with van der Waals surface area (Å²) in [7, 11) is 2.00. The zero-order chi connectivity index (χ0) is 19.9. The SMILES string of the molecule is CCNC(=NCc1nc2ccccc2n1C)NCC(C)Oc1cccc(F)c1.I. The molecule has 156 valence electrons. The van der Waals surface area contributed by atoms with Gasteiger partial charge < -0.3 is 19.9 Å². The van der Waals surface area contributed by atoms with Gasteiger partial charge in [-0.3, -0.25) is 0 Å². The number of fused-ring (bicyclic) bond motifs is 1. The van der Waals surface area contributed by atoms with Crippen LogP contribution in [-0.2, 0) is 13.6 Å². The van der Waals surface area contributed by atoms with E-state index in [0.29, 0.717) is 24.8 Å². The molecule has 3 rings (SSSR count). The third kappa shape index (κ3) is 6.31. The summed E-state index contributed by atoms with van der Waals surface area (Å²) in [4.78, 5) is 9.27. The quantitative estimate of drug-likeness (QED) is 0.288. The molecule has 8 heteroatoms. The van der Waals surface area contributed by atoms with Crippen molar-refractivity contribution in [3.05, 3.63) is 60.2 Å². The van der Waals surface area contributed by atoms with E-state index in [0.717, 1.165) is 23.4 Å². The molecule has 29 heavy (non-hydrogen) atoms. The molecule has 0 amide bonds. The van der Waals surface area contributed by atoms with Crippen molar-refractivity contribution in [2.75, 3.05) is 13.1 Å². The van der Waals surface area contributed by atoms with Gasteiger partial charge in [-0.05, 0) is 38.1 Å². The van der Waals surface area contributed by atoms with Gasteiger partial charge in [0.25, 0.3) is 0 Å². The predicted molar refractivity (Wildman–Crippen MR) is 125 cm³/mol. The zero-order valence-electron chi connectivity index (χ0n) is 16.9. The number of ether oxygens (including phenoxy) is 1. The lowest BCUT2D eigenvalue weighted by Crippen LogP contribution is -2.41. The van der Waals surface area contributed by atoms with Gasteiger partial charge in [0.1, 0.15) is 30.0 Å². The fourth-order valence-corrected chi connectivity index (χ4v) is 2.88. The fraction of sp³-hybridized carbons (Fsp3) is 0.333. The van der Waals surface area contributed by atoms with E-state index < -0.39 is 0 Å². The molecule has 0 fully saturated rings. The highest BCUT2D eigenvalue weighted by molar-refractivity contribution is 14.0. The monoisotopic (exact) mass is 511 g/mol. The minimum atomic E-state index is -0.310. The number of hydrogen-bond donors (Lipinski definition) is 2. The van der Waals surface area contributed by atoms with Gasteiger partial charge in [-0.1, -0.05) is 18.2 Å². The van der Waals surface area contributed by atoms with E-state index in [2.05, 4.69) is 25.2 Å². The van der Waals surface area contributed by atoms with Crippen LogP contribution in [0.4, 0.5) is 4.39 Å². The van der Waals surface area contributed by atoms with Gasteiger partial charge in [-0.15, -0.1) is 24.0 Å². The third-order valence-corrected chi connectivity index (χ3v) is 4.29. The van der Waals surface area contributed by atoms with E-state index in [-0.39, 0.29) is 35.9 Å². The van der Waals surface area contributed by atoms with Crippen LogP contribution in [0.25, 0.3) is 11.0 Å². The van der Waals surface area contributed by atoms with E-state index >= 15 is 0 Å². The van der Waals surface area contributed by atoms with E-state index in [1.807, 2.05) is 45.2 Å². The van der Waals surface area contributed by atoms with Crippen molar-refractivity contribution in [3.8, 4) is 5.75 Å². The number of aryl methyl sites for hydroxylation is 1. The Morgan fingerprint density at radius 1 is 1.21 bits per heavy atom. The maximum atomic E-state index is 13.3. The second kappa shape index (κ2) is 11.0. The van der Waals surface area contributed by atoms with Gasteiger partial charge in [0.15, 0.2) is 5.96 Å². The molecule has 0 bridgehead atoms. The molecular formula is C21H27FIN5O. The van der Waals surface area contributed by atoms with Crippen molar-refractivity contribution < 1.29 is 9.13 Å². The number of hydrogen-bond acceptors (Lipinski definition) is 3. The lowest BCUT2D eigenvalue weighted by Gasteiger charge is -2.17. The molecule has 0 saturated carbocycles. The van der Waals surface area contributed by atoms with Gasteiger partial charge in [-0.2, -0.15) is 0 Å². The lowest BCUT2D eigenvalue weighted by molar-refractivity contribution is 0.223. The highest BCUT2D eigenvalue weighted by atomic mass is 127. The van der Waals surface area contributed by atoms with E-state index in [4.69, 9.17) is 4.74 Å². The molecule has 0 aliphatic heterocycles. The Morgan fingerprint density at radius 2 is 2.00 bits per heavy atom. The number of rotatable bonds is 7. The molecule has 1 heterocycles. The van der Waals surface area contributed by atoms with Crippen LogP contribution in [-0.4, -0.2) is 34.7 Å². The summed E-state index contributed by atoms with van der Waals surface area (Å²) in [6.45, 7) is 5.67. The van der Waals surface area contributed by atoms with Crippen LogP contribution in [0.15, 0.2) is 53.5 Å². The Balaban J connectivity index is 0.00000300. The predicted octanol–water partition coefficient (Wildman–Crippen LogP) is 3.85. The van der Waals surface area contributed by atoms with Crippen molar-refractivity contribution in [1.29, 1.82) is 0 Å². The molecule has 0 spiro atoms. The van der Waals surface area contributed by atoms with Crippen LogP contribution < -0.4 is 15.4 Å². The number of aliphatic imine (C=N–C) groups is 1. The fourth-order valence-electron chi connectivity index (χ4n) is 2.88. The van der Waals surface area contributed by atoms with Gasteiger partial charge >= 0.3 is 0 Å². The molecule has 2 aromatic carbocycles. The molecule has 2 N–H and O–H groups in total. The topological polar surface area (TPSA) is 63.5 Å². The molecule has 1 atom stereocenters. The number of nitrogens with zero attached hydrogens (tertiary/aromatic N) is 3. The Hall–Kier alpha value is -2.36. The van der Waals surface area contributed by atoms with Crippen LogP contribution in [0, 0.1) is 5.82 Å². The summed E-state index contributed by atoms with van der Waals surface area (Å²) >= 11 is 0. The first-order valence-corrected chi connectivity index (χ1v) is 9.41. The van der Waals surface area contributed by atoms with Crippen molar-refractivity contribution in [2.45, 2.75) is 26.5 Å². The van der Waals surface area contributed by atoms with E-state index in [9.17, 15) is 4.39 Å². The molecule has 3 aromatic rings. The summed E-state index contributed by atoms with van der Waals surface area (Å²) in [5.74, 6) is 1.78. The number of imidazole rings is 1. The van der Waals surface area contributed by atoms with Crippen molar-refractivity contribution >= 4 is 41.0 Å². The molecule has 1 aromatic heterocycles. The Kier molecular flexibility index (Phi) is 8.69. The molecular weight excluding hydrogens is 484 g/mol. The largest absolute Gasteiger partial charge is 0.489 e.